The summed E-state index contributed by atoms with van der Waals surface area (Å²) in [6, 6.07) is -0.796. The minimum Gasteiger partial charge on any atom is -0.394 e. The maximum absolute atomic E-state index is 12.9. The summed E-state index contributed by atoms with van der Waals surface area (Å²) in [4.78, 5) is 12.9. The highest BCUT2D eigenvalue weighted by molar-refractivity contribution is 5.76. The fraction of sp³-hybridized carbons (Fsp3) is 0.927. The van der Waals surface area contributed by atoms with Gasteiger partial charge in [0.1, 0.15) is 24.4 Å². The van der Waals surface area contributed by atoms with Gasteiger partial charge in [0.15, 0.2) is 6.29 Å². The van der Waals surface area contributed by atoms with Crippen LogP contribution >= 0.6 is 0 Å². The second-order valence-corrected chi connectivity index (χ2v) is 14.8. The number of unbranched alkanes of at least 4 members (excludes halogenated alkanes) is 24. The topological polar surface area (TPSA) is 149 Å². The standard InChI is InChI=1S/C41H79NO8/c1-3-5-7-9-11-13-15-17-19-21-23-25-27-29-31-37(45)42-34(33-49-41-40(48)39(47)38(46)36(32-43)50-41)35(44)30-28-26-24-22-20-18-16-14-12-10-8-6-4-2/h28,30,34-36,38-41,43-44,46-48H,3-27,29,31-33H2,1-2H3,(H,42,45)/b30-28+/t34-,35+,36+,38-,39-,40+,41+/m0/s1. The lowest BCUT2D eigenvalue weighted by molar-refractivity contribution is -0.302. The van der Waals surface area contributed by atoms with Gasteiger partial charge >= 0.3 is 0 Å². The summed E-state index contributed by atoms with van der Waals surface area (Å²) in [6.07, 6.45) is 28.2. The van der Waals surface area contributed by atoms with Crippen molar-refractivity contribution >= 4 is 5.91 Å². The molecule has 296 valence electrons. The van der Waals surface area contributed by atoms with Gasteiger partial charge in [0.25, 0.3) is 0 Å². The van der Waals surface area contributed by atoms with Crippen LogP contribution in [0, 0.1) is 0 Å². The van der Waals surface area contributed by atoms with Crippen LogP contribution in [0.4, 0.5) is 0 Å². The molecule has 9 heteroatoms. The van der Waals surface area contributed by atoms with Crippen molar-refractivity contribution in [1.82, 2.24) is 5.32 Å². The molecule has 1 aliphatic heterocycles. The molecule has 0 saturated carbocycles. The van der Waals surface area contributed by atoms with E-state index >= 15 is 0 Å². The molecule has 1 fully saturated rings. The molecule has 0 aromatic rings. The molecule has 0 unspecified atom stereocenters. The minimum atomic E-state index is -1.56. The second-order valence-electron chi connectivity index (χ2n) is 14.8. The number of nitrogens with one attached hydrogen (secondary N) is 1. The molecular formula is C41H79NO8. The summed E-state index contributed by atoms with van der Waals surface area (Å²) in [6.45, 7) is 3.76. The van der Waals surface area contributed by atoms with Gasteiger partial charge in [-0.15, -0.1) is 0 Å². The molecule has 0 radical (unpaired) electrons. The zero-order chi connectivity index (χ0) is 36.7. The van der Waals surface area contributed by atoms with Gasteiger partial charge in [0.05, 0.1) is 25.4 Å². The van der Waals surface area contributed by atoms with E-state index in [1.807, 2.05) is 6.08 Å². The fourth-order valence-corrected chi connectivity index (χ4v) is 6.68. The van der Waals surface area contributed by atoms with E-state index in [9.17, 15) is 30.3 Å². The van der Waals surface area contributed by atoms with Gasteiger partial charge in [-0.3, -0.25) is 4.79 Å². The predicted molar refractivity (Wildman–Crippen MR) is 203 cm³/mol. The Balaban J connectivity index is 2.41. The number of carbonyl (C=O) groups is 1. The first-order valence-corrected chi connectivity index (χ1v) is 20.9. The molecule has 0 aromatic heterocycles. The molecule has 1 aliphatic rings. The van der Waals surface area contributed by atoms with Crippen molar-refractivity contribution < 1.29 is 39.8 Å². The summed E-state index contributed by atoms with van der Waals surface area (Å²) in [5.74, 6) is -0.177. The van der Waals surface area contributed by atoms with Crippen LogP contribution in [0.2, 0.25) is 0 Å². The molecule has 1 amide bonds. The van der Waals surface area contributed by atoms with Gasteiger partial charge in [-0.1, -0.05) is 174 Å². The van der Waals surface area contributed by atoms with E-state index in [2.05, 4.69) is 19.2 Å². The second kappa shape index (κ2) is 32.6. The Morgan fingerprint density at radius 1 is 0.660 bits per heavy atom. The molecular weight excluding hydrogens is 634 g/mol. The van der Waals surface area contributed by atoms with Crippen molar-refractivity contribution in [1.29, 1.82) is 0 Å². The Labute approximate surface area is 306 Å². The lowest BCUT2D eigenvalue weighted by Crippen LogP contribution is -2.60. The predicted octanol–water partition coefficient (Wildman–Crippen LogP) is 7.78. The summed E-state index contributed by atoms with van der Waals surface area (Å²) in [7, 11) is 0. The first kappa shape index (κ1) is 47.0. The number of hydrogen-bond acceptors (Lipinski definition) is 8. The number of amides is 1. The number of carbonyl (C=O) groups excluding carboxylic acids is 1. The van der Waals surface area contributed by atoms with Crippen molar-refractivity contribution in [2.45, 2.75) is 230 Å². The normalized spacial score (nSPS) is 22.3. The number of hydrogen-bond donors (Lipinski definition) is 6. The highest BCUT2D eigenvalue weighted by Crippen LogP contribution is 2.22. The van der Waals surface area contributed by atoms with E-state index in [4.69, 9.17) is 9.47 Å². The van der Waals surface area contributed by atoms with Crippen LogP contribution in [0.5, 0.6) is 0 Å². The van der Waals surface area contributed by atoms with Crippen molar-refractivity contribution in [3.63, 3.8) is 0 Å². The van der Waals surface area contributed by atoms with Crippen molar-refractivity contribution in [3.05, 3.63) is 12.2 Å². The Bertz CT molecular complexity index is 797. The molecule has 0 bridgehead atoms. The third-order valence-corrected chi connectivity index (χ3v) is 10.1. The lowest BCUT2D eigenvalue weighted by atomic mass is 9.99. The average Bonchev–Trinajstić information content (AvgIpc) is 3.11. The first-order chi connectivity index (χ1) is 24.3. The molecule has 1 saturated heterocycles. The molecule has 0 aliphatic carbocycles. The van der Waals surface area contributed by atoms with Gasteiger partial charge in [-0.05, 0) is 19.3 Å². The van der Waals surface area contributed by atoms with E-state index < -0.39 is 49.5 Å². The summed E-state index contributed by atoms with van der Waals surface area (Å²) in [5, 5.41) is 54.0. The number of aliphatic hydroxyl groups is 5. The quantitative estimate of drug-likeness (QED) is 0.0293. The van der Waals surface area contributed by atoms with Crippen LogP contribution in [0.25, 0.3) is 0 Å². The molecule has 1 heterocycles. The molecule has 1 rings (SSSR count). The molecule has 7 atom stereocenters. The monoisotopic (exact) mass is 714 g/mol. The van der Waals surface area contributed by atoms with Crippen LogP contribution in [-0.2, 0) is 14.3 Å². The van der Waals surface area contributed by atoms with Crippen LogP contribution in [0.3, 0.4) is 0 Å². The van der Waals surface area contributed by atoms with E-state index in [-0.39, 0.29) is 12.5 Å². The van der Waals surface area contributed by atoms with Crippen molar-refractivity contribution in [3.8, 4) is 0 Å². The molecule has 6 N–H and O–H groups in total. The average molecular weight is 714 g/mol. The molecule has 9 nitrogen and oxygen atoms in total. The van der Waals surface area contributed by atoms with E-state index in [0.29, 0.717) is 6.42 Å². The Morgan fingerprint density at radius 2 is 1.10 bits per heavy atom. The maximum atomic E-state index is 12.9. The Morgan fingerprint density at radius 3 is 1.56 bits per heavy atom. The maximum Gasteiger partial charge on any atom is 0.220 e. The molecule has 0 aromatic carbocycles. The van der Waals surface area contributed by atoms with Crippen molar-refractivity contribution in [2.75, 3.05) is 13.2 Å². The first-order valence-electron chi connectivity index (χ1n) is 20.9. The minimum absolute atomic E-state index is 0.177. The van der Waals surface area contributed by atoms with Crippen LogP contribution in [0.1, 0.15) is 187 Å². The Hall–Kier alpha value is -1.07. The molecule has 0 spiro atoms. The third kappa shape index (κ3) is 23.5. The van der Waals surface area contributed by atoms with Gasteiger partial charge in [-0.2, -0.15) is 0 Å². The summed E-state index contributed by atoms with van der Waals surface area (Å²) < 4.78 is 11.2. The van der Waals surface area contributed by atoms with E-state index in [0.717, 1.165) is 38.5 Å². The van der Waals surface area contributed by atoms with Crippen LogP contribution < -0.4 is 5.32 Å². The highest BCUT2D eigenvalue weighted by Gasteiger charge is 2.44. The van der Waals surface area contributed by atoms with Gasteiger partial charge in [0, 0.05) is 6.42 Å². The zero-order valence-electron chi connectivity index (χ0n) is 32.2. The summed E-state index contributed by atoms with van der Waals surface area (Å²) in [5.41, 5.74) is 0. The van der Waals surface area contributed by atoms with Crippen molar-refractivity contribution in [2.24, 2.45) is 0 Å². The SMILES string of the molecule is CCCCCCCCCCCCC/C=C/[C@@H](O)[C@H](CO[C@@H]1O[C@H](CO)[C@H](O)[C@H](O)[C@H]1O)NC(=O)CCCCCCCCCCCCCCCC. The van der Waals surface area contributed by atoms with Gasteiger partial charge < -0.3 is 40.3 Å². The molecule has 50 heavy (non-hydrogen) atoms. The number of ether oxygens (including phenoxy) is 2. The third-order valence-electron chi connectivity index (χ3n) is 10.1. The summed E-state index contributed by atoms with van der Waals surface area (Å²) >= 11 is 0. The Kier molecular flexibility index (Phi) is 30.6. The van der Waals surface area contributed by atoms with E-state index in [1.165, 1.54) is 128 Å². The number of aliphatic hydroxyl groups excluding tert-OH is 5. The van der Waals surface area contributed by atoms with Gasteiger partial charge in [-0.25, -0.2) is 0 Å². The fourth-order valence-electron chi connectivity index (χ4n) is 6.68. The smallest absolute Gasteiger partial charge is 0.220 e. The van der Waals surface area contributed by atoms with Crippen LogP contribution in [-0.4, -0.2) is 87.5 Å². The largest absolute Gasteiger partial charge is 0.394 e. The van der Waals surface area contributed by atoms with E-state index in [1.54, 1.807) is 6.08 Å². The highest BCUT2D eigenvalue weighted by atomic mass is 16.7. The lowest BCUT2D eigenvalue weighted by Gasteiger charge is -2.40. The zero-order valence-corrected chi connectivity index (χ0v) is 32.2. The number of allylic oxidation sites excluding steroid dienone is 1. The van der Waals surface area contributed by atoms with Crippen LogP contribution in [0.15, 0.2) is 12.2 Å². The van der Waals surface area contributed by atoms with Gasteiger partial charge in [0.2, 0.25) is 5.91 Å². The number of rotatable bonds is 34.